The molecule has 0 saturated heterocycles. The summed E-state index contributed by atoms with van der Waals surface area (Å²) in [5, 5.41) is 0.723. The van der Waals surface area contributed by atoms with Crippen LogP contribution in [0.15, 0.2) is 72.8 Å². The van der Waals surface area contributed by atoms with Crippen molar-refractivity contribution in [1.29, 1.82) is 0 Å². The van der Waals surface area contributed by atoms with Gasteiger partial charge in [0.25, 0.3) is 5.91 Å². The predicted molar refractivity (Wildman–Crippen MR) is 127 cm³/mol. The molecule has 0 N–H and O–H groups in total. The molecule has 1 atom stereocenters. The van der Waals surface area contributed by atoms with Gasteiger partial charge in [-0.05, 0) is 68.7 Å². The Bertz CT molecular complexity index is 1090. The average molecular weight is 434 g/mol. The first kappa shape index (κ1) is 21.5. The van der Waals surface area contributed by atoms with E-state index in [1.54, 1.807) is 0 Å². The number of aryl methyl sites for hydroxylation is 1. The number of hydrogen-bond donors (Lipinski definition) is 0. The van der Waals surface area contributed by atoms with Crippen molar-refractivity contribution in [3.8, 4) is 5.75 Å². The third-order valence-electron chi connectivity index (χ3n) is 6.24. The molecule has 0 spiro atoms. The van der Waals surface area contributed by atoms with Crippen LogP contribution in [0.25, 0.3) is 0 Å². The number of anilines is 1. The second-order valence-corrected chi connectivity index (χ2v) is 9.61. The van der Waals surface area contributed by atoms with E-state index in [0.717, 1.165) is 28.3 Å². The zero-order valence-electron chi connectivity index (χ0n) is 18.5. The third kappa shape index (κ3) is 4.07. The summed E-state index contributed by atoms with van der Waals surface area (Å²) in [6.07, 6.45) is 0.787. The normalized spacial score (nSPS) is 19.6. The lowest BCUT2D eigenvalue weighted by Gasteiger charge is -2.51. The number of amides is 1. The number of halogens is 1. The van der Waals surface area contributed by atoms with Gasteiger partial charge in [0.2, 0.25) is 0 Å². The molecular formula is C27H28ClNO2. The molecule has 0 saturated carbocycles. The number of hydrogen-bond acceptors (Lipinski definition) is 2. The van der Waals surface area contributed by atoms with Crippen molar-refractivity contribution in [3.05, 3.63) is 94.5 Å². The molecule has 1 heterocycles. The minimum atomic E-state index is -0.392. The maximum atomic E-state index is 13.4. The molecule has 3 nitrogen and oxygen atoms in total. The summed E-state index contributed by atoms with van der Waals surface area (Å²) >= 11 is 6.14. The van der Waals surface area contributed by atoms with Gasteiger partial charge in [-0.25, -0.2) is 0 Å². The molecule has 0 aromatic heterocycles. The molecule has 1 aliphatic rings. The molecule has 3 aromatic carbocycles. The molecule has 0 radical (unpaired) electrons. The molecule has 3 aromatic rings. The third-order valence-corrected chi connectivity index (χ3v) is 6.50. The number of para-hydroxylation sites is 1. The van der Waals surface area contributed by atoms with Gasteiger partial charge in [-0.3, -0.25) is 4.79 Å². The van der Waals surface area contributed by atoms with Crippen molar-refractivity contribution in [3.63, 3.8) is 0 Å². The Labute approximate surface area is 189 Å². The number of carbonyl (C=O) groups excluding carboxylic acids is 1. The SMILES string of the molecule is Cc1ccc(OCC(=O)N2c3ccccc3[C@@](C)(c3ccc(Cl)cc3)CC2(C)C)cc1. The van der Waals surface area contributed by atoms with Crippen LogP contribution in [-0.4, -0.2) is 18.1 Å². The summed E-state index contributed by atoms with van der Waals surface area (Å²) in [5.41, 5.74) is 3.80. The Balaban J connectivity index is 1.69. The van der Waals surface area contributed by atoms with Crippen LogP contribution in [-0.2, 0) is 10.2 Å². The van der Waals surface area contributed by atoms with Gasteiger partial charge >= 0.3 is 0 Å². The summed E-state index contributed by atoms with van der Waals surface area (Å²) in [7, 11) is 0. The Morgan fingerprint density at radius 2 is 1.61 bits per heavy atom. The van der Waals surface area contributed by atoms with Crippen molar-refractivity contribution >= 4 is 23.2 Å². The Hall–Kier alpha value is -2.78. The predicted octanol–water partition coefficient (Wildman–Crippen LogP) is 6.55. The molecule has 1 aliphatic heterocycles. The first-order chi connectivity index (χ1) is 14.7. The first-order valence-electron chi connectivity index (χ1n) is 10.6. The van der Waals surface area contributed by atoms with Gasteiger partial charge in [-0.1, -0.05) is 66.6 Å². The molecule has 1 amide bonds. The fraction of sp³-hybridized carbons (Fsp3) is 0.296. The van der Waals surface area contributed by atoms with Crippen molar-refractivity contribution in [2.24, 2.45) is 0 Å². The van der Waals surface area contributed by atoms with Gasteiger partial charge in [0.05, 0.1) is 0 Å². The number of rotatable bonds is 4. The molecule has 31 heavy (non-hydrogen) atoms. The molecular weight excluding hydrogens is 406 g/mol. The summed E-state index contributed by atoms with van der Waals surface area (Å²) in [6, 6.07) is 24.0. The van der Waals surface area contributed by atoms with Gasteiger partial charge in [0.15, 0.2) is 6.61 Å². The number of benzene rings is 3. The Kier molecular flexibility index (Phi) is 5.57. The first-order valence-corrected chi connectivity index (χ1v) is 11.0. The van der Waals surface area contributed by atoms with E-state index in [-0.39, 0.29) is 17.9 Å². The Morgan fingerprint density at radius 1 is 0.968 bits per heavy atom. The zero-order valence-corrected chi connectivity index (χ0v) is 19.2. The second kappa shape index (κ2) is 8.05. The lowest BCUT2D eigenvalue weighted by atomic mass is 9.65. The summed E-state index contributed by atoms with van der Waals surface area (Å²) in [4.78, 5) is 15.3. The number of ether oxygens (including phenoxy) is 1. The van der Waals surface area contributed by atoms with Crippen LogP contribution in [0, 0.1) is 6.92 Å². The van der Waals surface area contributed by atoms with E-state index >= 15 is 0 Å². The van der Waals surface area contributed by atoms with E-state index in [9.17, 15) is 4.79 Å². The largest absolute Gasteiger partial charge is 0.484 e. The van der Waals surface area contributed by atoms with E-state index in [0.29, 0.717) is 5.75 Å². The minimum Gasteiger partial charge on any atom is -0.484 e. The monoisotopic (exact) mass is 433 g/mol. The van der Waals surface area contributed by atoms with Crippen molar-refractivity contribution in [2.45, 2.75) is 45.1 Å². The maximum Gasteiger partial charge on any atom is 0.265 e. The molecule has 0 aliphatic carbocycles. The van der Waals surface area contributed by atoms with Crippen LogP contribution < -0.4 is 9.64 Å². The molecule has 4 rings (SSSR count). The van der Waals surface area contributed by atoms with Crippen molar-refractivity contribution in [1.82, 2.24) is 0 Å². The van der Waals surface area contributed by atoms with Crippen LogP contribution in [0.3, 0.4) is 0 Å². The molecule has 4 heteroatoms. The number of nitrogens with zero attached hydrogens (tertiary/aromatic N) is 1. The zero-order chi connectivity index (χ0) is 22.2. The number of carbonyl (C=O) groups is 1. The topological polar surface area (TPSA) is 29.5 Å². The summed E-state index contributed by atoms with van der Waals surface area (Å²) in [6.45, 7) is 8.53. The highest BCUT2D eigenvalue weighted by Gasteiger charge is 2.47. The van der Waals surface area contributed by atoms with Crippen LogP contribution in [0.5, 0.6) is 5.75 Å². The van der Waals surface area contributed by atoms with Crippen molar-refractivity contribution < 1.29 is 9.53 Å². The van der Waals surface area contributed by atoms with Crippen LogP contribution in [0.2, 0.25) is 5.02 Å². The van der Waals surface area contributed by atoms with Crippen molar-refractivity contribution in [2.75, 3.05) is 11.5 Å². The van der Waals surface area contributed by atoms with Gasteiger partial charge < -0.3 is 9.64 Å². The van der Waals surface area contributed by atoms with Crippen LogP contribution >= 0.6 is 11.6 Å². The summed E-state index contributed by atoms with van der Waals surface area (Å²) in [5.74, 6) is 0.657. The van der Waals surface area contributed by atoms with E-state index in [1.807, 2.05) is 66.4 Å². The highest BCUT2D eigenvalue weighted by atomic mass is 35.5. The maximum absolute atomic E-state index is 13.4. The fourth-order valence-corrected chi connectivity index (χ4v) is 5.02. The van der Waals surface area contributed by atoms with Crippen LogP contribution in [0.1, 0.15) is 43.9 Å². The van der Waals surface area contributed by atoms with E-state index in [2.05, 4.69) is 39.0 Å². The van der Waals surface area contributed by atoms with Gasteiger partial charge in [-0.2, -0.15) is 0 Å². The lowest BCUT2D eigenvalue weighted by molar-refractivity contribution is -0.121. The fourth-order valence-electron chi connectivity index (χ4n) is 4.89. The molecule has 0 fully saturated rings. The Morgan fingerprint density at radius 3 is 2.29 bits per heavy atom. The molecule has 0 unspecified atom stereocenters. The van der Waals surface area contributed by atoms with E-state index in [4.69, 9.17) is 16.3 Å². The number of fused-ring (bicyclic) bond motifs is 1. The second-order valence-electron chi connectivity index (χ2n) is 9.18. The minimum absolute atomic E-state index is 0.00150. The van der Waals surface area contributed by atoms with Gasteiger partial charge in [-0.15, -0.1) is 0 Å². The van der Waals surface area contributed by atoms with Crippen LogP contribution in [0.4, 0.5) is 5.69 Å². The molecule has 160 valence electrons. The highest BCUT2D eigenvalue weighted by molar-refractivity contribution is 6.30. The van der Waals surface area contributed by atoms with E-state index < -0.39 is 5.54 Å². The van der Waals surface area contributed by atoms with Gasteiger partial charge in [0.1, 0.15) is 5.75 Å². The molecule has 0 bridgehead atoms. The average Bonchev–Trinajstić information content (AvgIpc) is 2.73. The quantitative estimate of drug-likeness (QED) is 0.467. The smallest absolute Gasteiger partial charge is 0.265 e. The summed E-state index contributed by atoms with van der Waals surface area (Å²) < 4.78 is 5.83. The van der Waals surface area contributed by atoms with Gasteiger partial charge in [0, 0.05) is 21.7 Å². The standard InChI is InChI=1S/C27H28ClNO2/c1-19-9-15-22(16-10-19)31-17-25(30)29-24-8-6-5-7-23(24)27(4,18-26(29,2)3)20-11-13-21(28)14-12-20/h5-16H,17-18H2,1-4H3/t27-/m1/s1. The lowest BCUT2D eigenvalue weighted by Crippen LogP contribution is -2.57. The van der Waals surface area contributed by atoms with E-state index in [1.165, 1.54) is 5.56 Å². The highest BCUT2D eigenvalue weighted by Crippen LogP contribution is 2.50.